The van der Waals surface area contributed by atoms with E-state index in [9.17, 15) is 9.18 Å². The van der Waals surface area contributed by atoms with E-state index in [2.05, 4.69) is 4.98 Å². The number of aliphatic hydroxyl groups excluding tert-OH is 1. The monoisotopic (exact) mass is 210 g/mol. The Balaban J connectivity index is 2.18. The lowest BCUT2D eigenvalue weighted by Gasteiger charge is -2.15. The molecular formula is C10H11FN2O2. The molecule has 0 saturated carbocycles. The van der Waals surface area contributed by atoms with E-state index < -0.39 is 5.95 Å². The van der Waals surface area contributed by atoms with E-state index >= 15 is 0 Å². The maximum Gasteiger partial charge on any atom is 0.227 e. The summed E-state index contributed by atoms with van der Waals surface area (Å²) >= 11 is 0. The second-order valence-corrected chi connectivity index (χ2v) is 3.60. The van der Waals surface area contributed by atoms with Crippen LogP contribution in [0.15, 0.2) is 18.3 Å². The predicted molar refractivity (Wildman–Crippen MR) is 51.7 cm³/mol. The summed E-state index contributed by atoms with van der Waals surface area (Å²) in [5.41, 5.74) is 0.581. The third-order valence-electron chi connectivity index (χ3n) is 2.49. The first kappa shape index (κ1) is 10.0. The van der Waals surface area contributed by atoms with Crippen molar-refractivity contribution >= 4 is 11.6 Å². The summed E-state index contributed by atoms with van der Waals surface area (Å²) in [5, 5.41) is 8.94. The van der Waals surface area contributed by atoms with Crippen molar-refractivity contribution in [2.75, 3.05) is 18.1 Å². The second kappa shape index (κ2) is 3.94. The quantitative estimate of drug-likeness (QED) is 0.726. The van der Waals surface area contributed by atoms with Gasteiger partial charge in [-0.2, -0.15) is 4.39 Å². The van der Waals surface area contributed by atoms with Gasteiger partial charge in [0.1, 0.15) is 0 Å². The van der Waals surface area contributed by atoms with E-state index in [0.29, 0.717) is 18.7 Å². The van der Waals surface area contributed by atoms with Crippen LogP contribution >= 0.6 is 0 Å². The largest absolute Gasteiger partial charge is 0.396 e. The molecule has 1 atom stereocenters. The number of halogens is 1. The fourth-order valence-electron chi connectivity index (χ4n) is 1.68. The third kappa shape index (κ3) is 1.97. The van der Waals surface area contributed by atoms with Gasteiger partial charge in [0, 0.05) is 25.5 Å². The molecule has 1 N–H and O–H groups in total. The average Bonchev–Trinajstić information content (AvgIpc) is 2.61. The van der Waals surface area contributed by atoms with E-state index in [-0.39, 0.29) is 18.4 Å². The highest BCUT2D eigenvalue weighted by Crippen LogP contribution is 2.23. The predicted octanol–water partition coefficient (Wildman–Crippen LogP) is 0.566. The first-order valence-electron chi connectivity index (χ1n) is 4.73. The highest BCUT2D eigenvalue weighted by molar-refractivity contribution is 5.95. The molecule has 1 saturated heterocycles. The number of hydrogen-bond donors (Lipinski definition) is 1. The standard InChI is InChI=1S/C10H11FN2O2/c11-9-2-1-8(4-12-9)13-5-7(6-14)3-10(13)15/h1-2,4,7,14H,3,5-6H2. The van der Waals surface area contributed by atoms with Gasteiger partial charge in [0.25, 0.3) is 0 Å². The Morgan fingerprint density at radius 3 is 2.93 bits per heavy atom. The summed E-state index contributed by atoms with van der Waals surface area (Å²) in [6.45, 7) is 0.472. The number of rotatable bonds is 2. The van der Waals surface area contributed by atoms with Crippen LogP contribution in [0.3, 0.4) is 0 Å². The molecule has 2 rings (SSSR count). The highest BCUT2D eigenvalue weighted by Gasteiger charge is 2.30. The first-order valence-corrected chi connectivity index (χ1v) is 4.73. The Hall–Kier alpha value is -1.49. The molecule has 0 bridgehead atoms. The summed E-state index contributed by atoms with van der Waals surface area (Å²) < 4.78 is 12.6. The molecule has 1 aliphatic heterocycles. The fraction of sp³-hybridized carbons (Fsp3) is 0.400. The minimum atomic E-state index is -0.566. The molecular weight excluding hydrogens is 199 g/mol. The van der Waals surface area contributed by atoms with E-state index in [1.54, 1.807) is 0 Å². The maximum atomic E-state index is 12.6. The summed E-state index contributed by atoms with van der Waals surface area (Å²) in [5.74, 6) is -0.644. The van der Waals surface area contributed by atoms with Crippen molar-refractivity contribution < 1.29 is 14.3 Å². The number of carbonyl (C=O) groups excluding carboxylic acids is 1. The minimum Gasteiger partial charge on any atom is -0.396 e. The molecule has 1 aromatic rings. The van der Waals surface area contributed by atoms with Crippen LogP contribution in [0.1, 0.15) is 6.42 Å². The molecule has 0 aromatic carbocycles. The number of hydrogen-bond acceptors (Lipinski definition) is 3. The van der Waals surface area contributed by atoms with Crippen LogP contribution in [-0.4, -0.2) is 29.1 Å². The molecule has 1 unspecified atom stereocenters. The van der Waals surface area contributed by atoms with Crippen molar-refractivity contribution in [2.45, 2.75) is 6.42 Å². The molecule has 1 aromatic heterocycles. The van der Waals surface area contributed by atoms with Crippen molar-refractivity contribution in [1.29, 1.82) is 0 Å². The second-order valence-electron chi connectivity index (χ2n) is 3.60. The Bertz CT molecular complexity index is 366. The molecule has 0 radical (unpaired) electrons. The summed E-state index contributed by atoms with van der Waals surface area (Å²) in [6.07, 6.45) is 1.67. The molecule has 15 heavy (non-hydrogen) atoms. The molecule has 80 valence electrons. The zero-order chi connectivity index (χ0) is 10.8. The lowest BCUT2D eigenvalue weighted by molar-refractivity contribution is -0.117. The number of aliphatic hydroxyl groups is 1. The molecule has 2 heterocycles. The smallest absolute Gasteiger partial charge is 0.227 e. The van der Waals surface area contributed by atoms with Gasteiger partial charge in [0.2, 0.25) is 11.9 Å². The van der Waals surface area contributed by atoms with Crippen LogP contribution in [0, 0.1) is 11.9 Å². The average molecular weight is 210 g/mol. The summed E-state index contributed by atoms with van der Waals surface area (Å²) in [4.78, 5) is 16.5. The van der Waals surface area contributed by atoms with Crippen molar-refractivity contribution in [2.24, 2.45) is 5.92 Å². The SMILES string of the molecule is O=C1CC(CO)CN1c1ccc(F)nc1. The van der Waals surface area contributed by atoms with Gasteiger partial charge in [-0.05, 0) is 12.1 Å². The summed E-state index contributed by atoms with van der Waals surface area (Å²) in [7, 11) is 0. The zero-order valence-electron chi connectivity index (χ0n) is 8.06. The molecule has 0 aliphatic carbocycles. The maximum absolute atomic E-state index is 12.6. The van der Waals surface area contributed by atoms with Gasteiger partial charge >= 0.3 is 0 Å². The van der Waals surface area contributed by atoms with Crippen LogP contribution in [-0.2, 0) is 4.79 Å². The lowest BCUT2D eigenvalue weighted by atomic mass is 10.1. The van der Waals surface area contributed by atoms with Crippen LogP contribution in [0.2, 0.25) is 0 Å². The number of pyridine rings is 1. The highest BCUT2D eigenvalue weighted by atomic mass is 19.1. The molecule has 1 fully saturated rings. The fourth-order valence-corrected chi connectivity index (χ4v) is 1.68. The Labute approximate surface area is 86.4 Å². The first-order chi connectivity index (χ1) is 7.20. The number of amides is 1. The van der Waals surface area contributed by atoms with Crippen molar-refractivity contribution in [3.8, 4) is 0 Å². The number of nitrogens with zero attached hydrogens (tertiary/aromatic N) is 2. The topological polar surface area (TPSA) is 53.4 Å². The lowest BCUT2D eigenvalue weighted by Crippen LogP contribution is -2.25. The molecule has 0 spiro atoms. The van der Waals surface area contributed by atoms with Gasteiger partial charge in [-0.15, -0.1) is 0 Å². The van der Waals surface area contributed by atoms with E-state index in [1.165, 1.54) is 23.2 Å². The van der Waals surface area contributed by atoms with Gasteiger partial charge in [-0.1, -0.05) is 0 Å². The van der Waals surface area contributed by atoms with Crippen molar-refractivity contribution in [3.63, 3.8) is 0 Å². The van der Waals surface area contributed by atoms with E-state index in [1.807, 2.05) is 0 Å². The molecule has 5 heteroatoms. The van der Waals surface area contributed by atoms with E-state index in [4.69, 9.17) is 5.11 Å². The van der Waals surface area contributed by atoms with Gasteiger partial charge < -0.3 is 10.0 Å². The normalized spacial score (nSPS) is 21.1. The Morgan fingerprint density at radius 1 is 1.60 bits per heavy atom. The van der Waals surface area contributed by atoms with Gasteiger partial charge in [0.05, 0.1) is 11.9 Å². The van der Waals surface area contributed by atoms with Crippen molar-refractivity contribution in [1.82, 2.24) is 4.98 Å². The van der Waals surface area contributed by atoms with Gasteiger partial charge in [-0.25, -0.2) is 4.98 Å². The molecule has 1 amide bonds. The molecule has 1 aliphatic rings. The zero-order valence-corrected chi connectivity index (χ0v) is 8.06. The van der Waals surface area contributed by atoms with Gasteiger partial charge in [0.15, 0.2) is 0 Å². The van der Waals surface area contributed by atoms with Crippen LogP contribution in [0.25, 0.3) is 0 Å². The van der Waals surface area contributed by atoms with Crippen LogP contribution < -0.4 is 4.90 Å². The number of aromatic nitrogens is 1. The van der Waals surface area contributed by atoms with Crippen LogP contribution in [0.5, 0.6) is 0 Å². The Morgan fingerprint density at radius 2 is 2.40 bits per heavy atom. The van der Waals surface area contributed by atoms with E-state index in [0.717, 1.165) is 0 Å². The summed E-state index contributed by atoms with van der Waals surface area (Å²) in [6, 6.07) is 2.73. The van der Waals surface area contributed by atoms with Crippen LogP contribution in [0.4, 0.5) is 10.1 Å². The Kier molecular flexibility index (Phi) is 2.64. The third-order valence-corrected chi connectivity index (χ3v) is 2.49. The van der Waals surface area contributed by atoms with Crippen molar-refractivity contribution in [3.05, 3.63) is 24.3 Å². The van der Waals surface area contributed by atoms with Gasteiger partial charge in [-0.3, -0.25) is 4.79 Å². The number of carbonyl (C=O) groups is 1. The molecule has 4 nitrogen and oxygen atoms in total. The number of anilines is 1. The minimum absolute atomic E-state index is 0.00311.